The second-order valence-electron chi connectivity index (χ2n) is 11.9. The normalized spacial score (nSPS) is 14.5. The smallest absolute Gasteiger partial charge is 0.0310 e. The van der Waals surface area contributed by atoms with E-state index < -0.39 is 0 Å². The molecular weight excluding hydrogens is 504 g/mol. The van der Waals surface area contributed by atoms with Crippen LogP contribution in [0.1, 0.15) is 36.5 Å². The summed E-state index contributed by atoms with van der Waals surface area (Å²) in [7, 11) is 0. The molecule has 1 aliphatic rings. The average Bonchev–Trinajstić information content (AvgIpc) is 3.43. The Kier molecular flexibility index (Phi) is 5.83. The van der Waals surface area contributed by atoms with Crippen LogP contribution in [0, 0.1) is 5.92 Å². The first kappa shape index (κ1) is 24.8. The molecule has 1 atom stereocenters. The maximum Gasteiger partial charge on any atom is 0.0310 e. The Morgan fingerprint density at radius 3 is 1.62 bits per heavy atom. The summed E-state index contributed by atoms with van der Waals surface area (Å²) in [5.41, 5.74) is 10.8. The minimum atomic E-state index is 0.319. The van der Waals surface area contributed by atoms with Gasteiger partial charge in [-0.25, -0.2) is 0 Å². The van der Waals surface area contributed by atoms with Crippen LogP contribution in [0.3, 0.4) is 0 Å². The van der Waals surface area contributed by atoms with Crippen molar-refractivity contribution in [1.29, 1.82) is 0 Å². The summed E-state index contributed by atoms with van der Waals surface area (Å²) >= 11 is 0. The minimum absolute atomic E-state index is 0.319. The first-order valence-corrected chi connectivity index (χ1v) is 15.0. The van der Waals surface area contributed by atoms with E-state index in [-0.39, 0.29) is 0 Å². The summed E-state index contributed by atoms with van der Waals surface area (Å²) in [6, 6.07) is 51.6. The molecule has 1 unspecified atom stereocenters. The summed E-state index contributed by atoms with van der Waals surface area (Å²) in [4.78, 5) is 0. The number of rotatable bonds is 4. The topological polar surface area (TPSA) is 0 Å². The lowest BCUT2D eigenvalue weighted by molar-refractivity contribution is 0.716. The fourth-order valence-corrected chi connectivity index (χ4v) is 7.17. The van der Waals surface area contributed by atoms with E-state index in [0.29, 0.717) is 11.8 Å². The molecule has 0 amide bonds. The van der Waals surface area contributed by atoms with E-state index in [2.05, 4.69) is 159 Å². The van der Waals surface area contributed by atoms with E-state index in [1.807, 2.05) is 0 Å². The van der Waals surface area contributed by atoms with Gasteiger partial charge in [0.15, 0.2) is 0 Å². The molecule has 0 aromatic heterocycles. The van der Waals surface area contributed by atoms with Gasteiger partial charge in [-0.05, 0) is 89.3 Å². The Morgan fingerprint density at radius 2 is 1.00 bits per heavy atom. The zero-order chi connectivity index (χ0) is 28.2. The third-order valence-corrected chi connectivity index (χ3v) is 9.11. The highest BCUT2D eigenvalue weighted by atomic mass is 14.3. The van der Waals surface area contributed by atoms with Gasteiger partial charge in [0.25, 0.3) is 0 Å². The molecule has 0 saturated heterocycles. The van der Waals surface area contributed by atoms with Crippen LogP contribution < -0.4 is 0 Å². The van der Waals surface area contributed by atoms with E-state index in [1.54, 1.807) is 0 Å². The fraction of sp³-hybridized carbons (Fsp3) is 0.0952. The second-order valence-corrected chi connectivity index (χ2v) is 11.9. The molecule has 42 heavy (non-hydrogen) atoms. The molecule has 0 fully saturated rings. The van der Waals surface area contributed by atoms with Crippen molar-refractivity contribution in [2.75, 3.05) is 0 Å². The minimum Gasteiger partial charge on any atom is -0.0622 e. The van der Waals surface area contributed by atoms with Crippen molar-refractivity contribution in [2.45, 2.75) is 19.8 Å². The van der Waals surface area contributed by atoms with E-state index >= 15 is 0 Å². The van der Waals surface area contributed by atoms with Crippen molar-refractivity contribution < 1.29 is 0 Å². The highest BCUT2D eigenvalue weighted by Crippen LogP contribution is 2.48. The van der Waals surface area contributed by atoms with Crippen LogP contribution in [0.4, 0.5) is 0 Å². The molecule has 0 N–H and O–H groups in total. The highest BCUT2D eigenvalue weighted by molar-refractivity contribution is 6.21. The van der Waals surface area contributed by atoms with Gasteiger partial charge in [-0.3, -0.25) is 0 Å². The zero-order valence-corrected chi connectivity index (χ0v) is 24.0. The van der Waals surface area contributed by atoms with Crippen molar-refractivity contribution in [3.8, 4) is 22.3 Å². The monoisotopic (exact) mass is 536 g/mol. The Bertz CT molecular complexity index is 2100. The SMILES string of the molecule is CC(C)C1=Cc2cc(-c3c4ccccc4c(-c4ccc5ccccc5c4)c4ccccc34)ccc2C1c1ccccc1. The first-order valence-electron chi connectivity index (χ1n) is 15.0. The molecule has 7 aromatic carbocycles. The number of allylic oxidation sites excluding steroid dienone is 1. The highest BCUT2D eigenvalue weighted by Gasteiger charge is 2.29. The van der Waals surface area contributed by atoms with Crippen molar-refractivity contribution >= 4 is 38.4 Å². The molecule has 0 saturated carbocycles. The molecule has 0 nitrogen and oxygen atoms in total. The Labute approximate surface area is 247 Å². The van der Waals surface area contributed by atoms with Crippen LogP contribution in [-0.2, 0) is 0 Å². The van der Waals surface area contributed by atoms with Gasteiger partial charge in [-0.2, -0.15) is 0 Å². The van der Waals surface area contributed by atoms with Gasteiger partial charge >= 0.3 is 0 Å². The molecule has 1 aliphatic carbocycles. The maximum absolute atomic E-state index is 2.45. The fourth-order valence-electron chi connectivity index (χ4n) is 7.17. The van der Waals surface area contributed by atoms with Crippen LogP contribution in [0.25, 0.3) is 60.6 Å². The van der Waals surface area contributed by atoms with Gasteiger partial charge in [-0.1, -0.05) is 153 Å². The van der Waals surface area contributed by atoms with Crippen LogP contribution in [-0.4, -0.2) is 0 Å². The maximum atomic E-state index is 2.45. The van der Waals surface area contributed by atoms with Crippen molar-refractivity contribution in [3.63, 3.8) is 0 Å². The van der Waals surface area contributed by atoms with Crippen molar-refractivity contribution in [2.24, 2.45) is 5.92 Å². The second kappa shape index (κ2) is 9.86. The predicted octanol–water partition coefficient (Wildman–Crippen LogP) is 11.7. The molecule has 0 bridgehead atoms. The lowest BCUT2D eigenvalue weighted by Crippen LogP contribution is -2.05. The summed E-state index contributed by atoms with van der Waals surface area (Å²) < 4.78 is 0. The Hall–Kier alpha value is -4.94. The lowest BCUT2D eigenvalue weighted by Gasteiger charge is -2.21. The summed E-state index contributed by atoms with van der Waals surface area (Å²) in [6.45, 7) is 4.64. The van der Waals surface area contributed by atoms with E-state index in [4.69, 9.17) is 0 Å². The van der Waals surface area contributed by atoms with E-state index in [1.165, 1.54) is 76.8 Å². The number of benzene rings is 7. The Balaban J connectivity index is 1.38. The molecule has 8 rings (SSSR count). The van der Waals surface area contributed by atoms with E-state index in [0.717, 1.165) is 0 Å². The summed E-state index contributed by atoms with van der Waals surface area (Å²) in [6.07, 6.45) is 2.45. The van der Waals surface area contributed by atoms with Gasteiger partial charge in [0.2, 0.25) is 0 Å². The van der Waals surface area contributed by atoms with E-state index in [9.17, 15) is 0 Å². The van der Waals surface area contributed by atoms with Gasteiger partial charge in [-0.15, -0.1) is 0 Å². The molecule has 0 heterocycles. The molecular formula is C42H32. The van der Waals surface area contributed by atoms with Gasteiger partial charge in [0, 0.05) is 5.92 Å². The van der Waals surface area contributed by atoms with Crippen LogP contribution in [0.5, 0.6) is 0 Å². The molecule has 0 heteroatoms. The van der Waals surface area contributed by atoms with Crippen LogP contribution in [0.15, 0.2) is 145 Å². The van der Waals surface area contributed by atoms with Gasteiger partial charge in [0.1, 0.15) is 0 Å². The zero-order valence-electron chi connectivity index (χ0n) is 24.0. The molecule has 0 radical (unpaired) electrons. The first-order chi connectivity index (χ1) is 20.7. The molecule has 0 aliphatic heterocycles. The predicted molar refractivity (Wildman–Crippen MR) is 181 cm³/mol. The van der Waals surface area contributed by atoms with Crippen molar-refractivity contribution in [1.82, 2.24) is 0 Å². The number of fused-ring (bicyclic) bond motifs is 4. The Morgan fingerprint density at radius 1 is 0.476 bits per heavy atom. The number of hydrogen-bond donors (Lipinski definition) is 0. The number of hydrogen-bond acceptors (Lipinski definition) is 0. The largest absolute Gasteiger partial charge is 0.0622 e. The molecule has 7 aromatic rings. The molecule has 0 spiro atoms. The van der Waals surface area contributed by atoms with Gasteiger partial charge < -0.3 is 0 Å². The van der Waals surface area contributed by atoms with Crippen LogP contribution in [0.2, 0.25) is 0 Å². The third-order valence-electron chi connectivity index (χ3n) is 9.11. The quantitative estimate of drug-likeness (QED) is 0.196. The van der Waals surface area contributed by atoms with Gasteiger partial charge in [0.05, 0.1) is 0 Å². The van der Waals surface area contributed by atoms with Crippen LogP contribution >= 0.6 is 0 Å². The third kappa shape index (κ3) is 3.90. The van der Waals surface area contributed by atoms with Crippen molar-refractivity contribution in [3.05, 3.63) is 162 Å². The average molecular weight is 537 g/mol. The summed E-state index contributed by atoms with van der Waals surface area (Å²) in [5.74, 6) is 0.799. The molecule has 200 valence electrons. The summed E-state index contributed by atoms with van der Waals surface area (Å²) in [5, 5.41) is 7.72. The lowest BCUT2D eigenvalue weighted by atomic mass is 9.82. The standard InChI is InChI=1S/C42H32/c1-27(2)39-26-33-25-32(22-23-34(33)40(39)29-13-4-3-5-14-29)42-37-18-10-8-16-35(37)41(36-17-9-11-19-38(36)42)31-21-20-28-12-6-7-15-30(28)24-31/h3-27,40H,1-2H3.